The Hall–Kier alpha value is -0.900. The number of hydrogen-bond acceptors (Lipinski definition) is 3. The first kappa shape index (κ1) is 30.0. The third kappa shape index (κ3) is 93.0. The highest BCUT2D eigenvalue weighted by molar-refractivity contribution is 5.12. The maximum Gasteiger partial charge on any atom is 0.0101 e. The van der Waals surface area contributed by atoms with Crippen LogP contribution in [0.4, 0.5) is 0 Å². The van der Waals surface area contributed by atoms with Crippen LogP contribution in [0.15, 0.2) is 36.5 Å². The number of hydrogen-bond donors (Lipinski definition) is 1. The van der Waals surface area contributed by atoms with E-state index in [0.29, 0.717) is 0 Å². The molecule has 0 aromatic rings. The first-order valence-electron chi connectivity index (χ1n) is 8.58. The molecule has 1 N–H and O–H groups in total. The molecule has 0 bridgehead atoms. The summed E-state index contributed by atoms with van der Waals surface area (Å²) in [4.78, 5) is 4.17. The van der Waals surface area contributed by atoms with E-state index >= 15 is 0 Å². The minimum Gasteiger partial charge on any atom is -0.316 e. The Morgan fingerprint density at radius 3 is 1.65 bits per heavy atom. The molecular formula is C20H45N3. The van der Waals surface area contributed by atoms with Crippen LogP contribution >= 0.6 is 0 Å². The van der Waals surface area contributed by atoms with Gasteiger partial charge in [-0.2, -0.15) is 0 Å². The predicted molar refractivity (Wildman–Crippen MR) is 111 cm³/mol. The summed E-state index contributed by atoms with van der Waals surface area (Å²) >= 11 is 0. The predicted octanol–water partition coefficient (Wildman–Crippen LogP) is 4.45. The van der Waals surface area contributed by atoms with Crippen LogP contribution in [0.2, 0.25) is 0 Å². The summed E-state index contributed by atoms with van der Waals surface area (Å²) in [6.07, 6.45) is 8.94. The van der Waals surface area contributed by atoms with Gasteiger partial charge in [-0.3, -0.25) is 0 Å². The zero-order valence-electron chi connectivity index (χ0n) is 17.7. The molecule has 0 unspecified atom stereocenters. The Balaban J connectivity index is -0.000000113. The fraction of sp³-hybridized carbons (Fsp3) is 0.700. The third-order valence-electron chi connectivity index (χ3n) is 1.66. The molecule has 0 heterocycles. The van der Waals surface area contributed by atoms with Crippen molar-refractivity contribution >= 4 is 0 Å². The average Bonchev–Trinajstić information content (AvgIpc) is 2.39. The Bertz CT molecular complexity index is 247. The van der Waals surface area contributed by atoms with Gasteiger partial charge in [-0.25, -0.2) is 0 Å². The Morgan fingerprint density at radius 1 is 0.957 bits per heavy atom. The largest absolute Gasteiger partial charge is 0.316 e. The van der Waals surface area contributed by atoms with Crippen molar-refractivity contribution in [1.82, 2.24) is 15.1 Å². The molecule has 0 saturated carbocycles. The van der Waals surface area contributed by atoms with Gasteiger partial charge < -0.3 is 15.1 Å². The van der Waals surface area contributed by atoms with E-state index in [4.69, 9.17) is 0 Å². The quantitative estimate of drug-likeness (QED) is 0.574. The number of likely N-dealkylation sites (N-methyl/N-ethyl adjacent to an activating group) is 2. The van der Waals surface area contributed by atoms with Crippen LogP contribution in [-0.4, -0.2) is 64.7 Å². The molecule has 0 amide bonds. The Morgan fingerprint density at radius 2 is 1.39 bits per heavy atom. The van der Waals surface area contributed by atoms with Gasteiger partial charge in [0, 0.05) is 13.1 Å². The Kier molecular flexibility index (Phi) is 38.1. The number of rotatable bonds is 6. The van der Waals surface area contributed by atoms with Gasteiger partial charge in [0.1, 0.15) is 0 Å². The van der Waals surface area contributed by atoms with Gasteiger partial charge in [0.05, 0.1) is 0 Å². The molecule has 0 aromatic heterocycles. The Labute approximate surface area is 148 Å². The van der Waals surface area contributed by atoms with Crippen molar-refractivity contribution in [2.24, 2.45) is 0 Å². The van der Waals surface area contributed by atoms with E-state index in [1.165, 1.54) is 12.0 Å². The lowest BCUT2D eigenvalue weighted by Gasteiger charge is -2.08. The molecule has 0 atom stereocenters. The normalized spacial score (nSPS) is 9.22. The van der Waals surface area contributed by atoms with Gasteiger partial charge >= 0.3 is 0 Å². The molecule has 0 spiro atoms. The monoisotopic (exact) mass is 327 g/mol. The fourth-order valence-corrected chi connectivity index (χ4v) is 0.806. The summed E-state index contributed by atoms with van der Waals surface area (Å²) < 4.78 is 0. The lowest BCUT2D eigenvalue weighted by Crippen LogP contribution is -2.26. The molecule has 0 aliphatic carbocycles. The van der Waals surface area contributed by atoms with Crippen molar-refractivity contribution in [2.75, 3.05) is 54.9 Å². The van der Waals surface area contributed by atoms with Crippen LogP contribution in [0.5, 0.6) is 0 Å². The summed E-state index contributed by atoms with van der Waals surface area (Å²) in [5.41, 5.74) is 1.31. The fourth-order valence-electron chi connectivity index (χ4n) is 0.806. The molecule has 0 rings (SSSR count). The van der Waals surface area contributed by atoms with Crippen molar-refractivity contribution < 1.29 is 0 Å². The zero-order chi connectivity index (χ0) is 19.1. The van der Waals surface area contributed by atoms with E-state index in [2.05, 4.69) is 65.5 Å². The average molecular weight is 328 g/mol. The van der Waals surface area contributed by atoms with Gasteiger partial charge in [-0.1, -0.05) is 63.6 Å². The van der Waals surface area contributed by atoms with Gasteiger partial charge in [-0.15, -0.1) is 0 Å². The minimum absolute atomic E-state index is 1.08. The van der Waals surface area contributed by atoms with Crippen LogP contribution < -0.4 is 5.32 Å². The van der Waals surface area contributed by atoms with Crippen molar-refractivity contribution in [3.8, 4) is 0 Å². The van der Waals surface area contributed by atoms with E-state index in [0.717, 1.165) is 19.6 Å². The molecule has 140 valence electrons. The summed E-state index contributed by atoms with van der Waals surface area (Å²) in [7, 11) is 10.2. The van der Waals surface area contributed by atoms with Crippen LogP contribution in [0.1, 0.15) is 41.0 Å². The van der Waals surface area contributed by atoms with Crippen LogP contribution in [0.3, 0.4) is 0 Å². The summed E-state index contributed by atoms with van der Waals surface area (Å²) in [6, 6.07) is 0. The maximum absolute atomic E-state index is 3.54. The van der Waals surface area contributed by atoms with Crippen molar-refractivity contribution in [1.29, 1.82) is 0 Å². The molecule has 0 radical (unpaired) electrons. The van der Waals surface area contributed by atoms with Crippen LogP contribution in [0.25, 0.3) is 0 Å². The minimum atomic E-state index is 1.08. The molecule has 0 aliphatic rings. The second kappa shape index (κ2) is 29.2. The first-order valence-corrected chi connectivity index (χ1v) is 8.58. The van der Waals surface area contributed by atoms with Gasteiger partial charge in [0.25, 0.3) is 0 Å². The lowest BCUT2D eigenvalue weighted by atomic mass is 10.3. The zero-order valence-corrected chi connectivity index (χ0v) is 17.7. The molecule has 3 nitrogen and oxygen atoms in total. The molecule has 0 saturated heterocycles. The van der Waals surface area contributed by atoms with Gasteiger partial charge in [0.2, 0.25) is 0 Å². The van der Waals surface area contributed by atoms with E-state index < -0.39 is 0 Å². The highest BCUT2D eigenvalue weighted by Gasteiger charge is 1.84. The van der Waals surface area contributed by atoms with Crippen molar-refractivity contribution in [3.05, 3.63) is 36.5 Å². The summed E-state index contributed by atoms with van der Waals surface area (Å²) in [5.74, 6) is 0. The standard InChI is InChI=1S/C8H12.C6H16N2.C3H9N.C3H8/c1-4-5-6-7-8(2)3;1-4-7-5-6-8(2)3;1-4(2)3;1-3-2/h4-7H,1H2,2-3H3;7H,4-6H2,1-3H3;1-3H3;3H2,1-2H3/b6-5-;;;. The van der Waals surface area contributed by atoms with E-state index in [1.54, 1.807) is 6.08 Å². The second-order valence-corrected chi connectivity index (χ2v) is 6.07. The molecule has 0 aromatic carbocycles. The lowest BCUT2D eigenvalue weighted by molar-refractivity contribution is 0.402. The molecule has 23 heavy (non-hydrogen) atoms. The molecule has 0 fully saturated rings. The summed E-state index contributed by atoms with van der Waals surface area (Å²) in [6.45, 7) is 17.3. The van der Waals surface area contributed by atoms with Crippen LogP contribution in [0, 0.1) is 0 Å². The first-order chi connectivity index (χ1) is 10.7. The smallest absolute Gasteiger partial charge is 0.0101 e. The second-order valence-electron chi connectivity index (χ2n) is 6.07. The molecule has 0 aliphatic heterocycles. The third-order valence-corrected chi connectivity index (χ3v) is 1.66. The van der Waals surface area contributed by atoms with Crippen molar-refractivity contribution in [3.63, 3.8) is 0 Å². The number of nitrogens with one attached hydrogen (secondary N) is 1. The van der Waals surface area contributed by atoms with E-state index in [1.807, 2.05) is 44.3 Å². The highest BCUT2D eigenvalue weighted by atomic mass is 15.1. The number of nitrogens with zero attached hydrogens (tertiary/aromatic N) is 2. The van der Waals surface area contributed by atoms with Crippen LogP contribution in [-0.2, 0) is 0 Å². The van der Waals surface area contributed by atoms with E-state index in [-0.39, 0.29) is 0 Å². The highest BCUT2D eigenvalue weighted by Crippen LogP contribution is 1.87. The van der Waals surface area contributed by atoms with Gasteiger partial charge in [-0.05, 0) is 55.6 Å². The topological polar surface area (TPSA) is 18.5 Å². The molecule has 3 heteroatoms. The molecular weight excluding hydrogens is 282 g/mol. The van der Waals surface area contributed by atoms with Gasteiger partial charge in [0.15, 0.2) is 0 Å². The summed E-state index contributed by atoms with van der Waals surface area (Å²) in [5, 5.41) is 3.24. The number of allylic oxidation sites excluding steroid dienone is 5. The van der Waals surface area contributed by atoms with Crippen molar-refractivity contribution in [2.45, 2.75) is 41.0 Å². The SMILES string of the molecule is C=C/C=C\C=C(C)C.CCC.CCNCCN(C)C.CN(C)C. The maximum atomic E-state index is 3.54. The van der Waals surface area contributed by atoms with E-state index in [9.17, 15) is 0 Å².